The lowest BCUT2D eigenvalue weighted by Crippen LogP contribution is -2.28. The molecule has 1 heterocycles. The summed E-state index contributed by atoms with van der Waals surface area (Å²) in [6, 6.07) is 0. The minimum Gasteiger partial charge on any atom is -0.311 e. The minimum absolute atomic E-state index is 0.363. The minimum atomic E-state index is 0.363. The van der Waals surface area contributed by atoms with E-state index in [1.54, 1.807) is 4.68 Å². The lowest BCUT2D eigenvalue weighted by atomic mass is 9.90. The van der Waals surface area contributed by atoms with Crippen LogP contribution in [0.3, 0.4) is 0 Å². The normalized spacial score (nSPS) is 12.0. The number of nitrogens with zero attached hydrogens (tertiary/aromatic N) is 3. The Kier molecular flexibility index (Phi) is 3.63. The highest BCUT2D eigenvalue weighted by atomic mass is 15.4. The number of rotatable bonds is 5. The fourth-order valence-electron chi connectivity index (χ4n) is 1.13. The van der Waals surface area contributed by atoms with Crippen molar-refractivity contribution in [2.45, 2.75) is 33.7 Å². The number of hydrogen-bond acceptors (Lipinski definition) is 3. The molecule has 0 saturated heterocycles. The molecule has 0 amide bonds. The van der Waals surface area contributed by atoms with E-state index in [-0.39, 0.29) is 0 Å². The Bertz CT molecular complexity index is 277. The van der Waals surface area contributed by atoms with Gasteiger partial charge in [0.15, 0.2) is 0 Å². The van der Waals surface area contributed by atoms with Crippen LogP contribution in [-0.4, -0.2) is 21.5 Å². The molecule has 1 aromatic rings. The van der Waals surface area contributed by atoms with E-state index in [0.717, 1.165) is 18.8 Å². The smallest absolute Gasteiger partial charge is 0.0964 e. The van der Waals surface area contributed by atoms with E-state index in [9.17, 15) is 0 Å². The van der Waals surface area contributed by atoms with Crippen LogP contribution in [0.1, 0.15) is 32.9 Å². The van der Waals surface area contributed by atoms with Crippen LogP contribution in [0.15, 0.2) is 6.20 Å². The first-order valence-corrected chi connectivity index (χ1v) is 5.09. The largest absolute Gasteiger partial charge is 0.311 e. The SMILES string of the molecule is CCC(C)(C)CNCc1cn(C)nn1. The molecule has 1 aromatic heterocycles. The Morgan fingerprint density at radius 3 is 2.71 bits per heavy atom. The van der Waals surface area contributed by atoms with Crippen LogP contribution in [0.5, 0.6) is 0 Å². The van der Waals surface area contributed by atoms with Gasteiger partial charge < -0.3 is 5.32 Å². The van der Waals surface area contributed by atoms with Gasteiger partial charge in [-0.3, -0.25) is 4.68 Å². The Morgan fingerprint density at radius 2 is 2.21 bits per heavy atom. The summed E-state index contributed by atoms with van der Waals surface area (Å²) in [5, 5.41) is 11.3. The van der Waals surface area contributed by atoms with Gasteiger partial charge in [-0.2, -0.15) is 0 Å². The van der Waals surface area contributed by atoms with Crippen LogP contribution >= 0.6 is 0 Å². The summed E-state index contributed by atoms with van der Waals surface area (Å²) in [6.07, 6.45) is 3.12. The number of aromatic nitrogens is 3. The van der Waals surface area contributed by atoms with Crippen molar-refractivity contribution in [3.05, 3.63) is 11.9 Å². The van der Waals surface area contributed by atoms with Crippen LogP contribution in [0, 0.1) is 5.41 Å². The average molecular weight is 196 g/mol. The molecule has 0 aromatic carbocycles. The second-order valence-corrected chi connectivity index (χ2v) is 4.50. The quantitative estimate of drug-likeness (QED) is 0.773. The topological polar surface area (TPSA) is 42.7 Å². The highest BCUT2D eigenvalue weighted by molar-refractivity contribution is 4.91. The van der Waals surface area contributed by atoms with Crippen LogP contribution in [-0.2, 0) is 13.6 Å². The van der Waals surface area contributed by atoms with Crippen LogP contribution in [0.25, 0.3) is 0 Å². The molecule has 80 valence electrons. The summed E-state index contributed by atoms with van der Waals surface area (Å²) in [5.41, 5.74) is 1.36. The first kappa shape index (κ1) is 11.2. The summed E-state index contributed by atoms with van der Waals surface area (Å²) in [6.45, 7) is 8.55. The van der Waals surface area contributed by atoms with E-state index in [0.29, 0.717) is 5.41 Å². The van der Waals surface area contributed by atoms with Gasteiger partial charge >= 0.3 is 0 Å². The van der Waals surface area contributed by atoms with Gasteiger partial charge in [0.05, 0.1) is 5.69 Å². The van der Waals surface area contributed by atoms with E-state index >= 15 is 0 Å². The van der Waals surface area contributed by atoms with E-state index in [4.69, 9.17) is 0 Å². The number of nitrogens with one attached hydrogen (secondary N) is 1. The molecule has 1 rings (SSSR count). The molecule has 0 fully saturated rings. The van der Waals surface area contributed by atoms with Crippen molar-refractivity contribution in [3.8, 4) is 0 Å². The van der Waals surface area contributed by atoms with Gasteiger partial charge in [0, 0.05) is 26.3 Å². The molecule has 0 spiro atoms. The lowest BCUT2D eigenvalue weighted by molar-refractivity contribution is 0.327. The first-order chi connectivity index (χ1) is 6.53. The monoisotopic (exact) mass is 196 g/mol. The van der Waals surface area contributed by atoms with Gasteiger partial charge in [0.2, 0.25) is 0 Å². The van der Waals surface area contributed by atoms with Crippen LogP contribution < -0.4 is 5.32 Å². The van der Waals surface area contributed by atoms with E-state index < -0.39 is 0 Å². The molecule has 0 saturated carbocycles. The molecule has 0 unspecified atom stereocenters. The molecule has 4 nitrogen and oxygen atoms in total. The molecule has 0 atom stereocenters. The molecule has 0 aliphatic rings. The number of hydrogen-bond donors (Lipinski definition) is 1. The maximum atomic E-state index is 4.01. The summed E-state index contributed by atoms with van der Waals surface area (Å²) >= 11 is 0. The van der Waals surface area contributed by atoms with E-state index in [1.807, 2.05) is 13.2 Å². The lowest BCUT2D eigenvalue weighted by Gasteiger charge is -2.22. The highest BCUT2D eigenvalue weighted by Gasteiger charge is 2.13. The zero-order valence-corrected chi connectivity index (χ0v) is 9.54. The molecule has 1 N–H and O–H groups in total. The Balaban J connectivity index is 2.28. The van der Waals surface area contributed by atoms with Gasteiger partial charge in [-0.05, 0) is 11.8 Å². The third-order valence-electron chi connectivity index (χ3n) is 2.52. The molecule has 4 heteroatoms. The summed E-state index contributed by atoms with van der Waals surface area (Å²) in [4.78, 5) is 0. The summed E-state index contributed by atoms with van der Waals surface area (Å²) < 4.78 is 1.72. The number of aryl methyl sites for hydroxylation is 1. The van der Waals surface area contributed by atoms with Crippen LogP contribution in [0.2, 0.25) is 0 Å². The standard InChI is InChI=1S/C10H20N4/c1-5-10(2,3)8-11-6-9-7-14(4)13-12-9/h7,11H,5-6,8H2,1-4H3. The Hall–Kier alpha value is -0.900. The summed E-state index contributed by atoms with van der Waals surface area (Å²) in [7, 11) is 1.88. The molecule has 0 bridgehead atoms. The third kappa shape index (κ3) is 3.46. The van der Waals surface area contributed by atoms with Crippen molar-refractivity contribution in [3.63, 3.8) is 0 Å². The van der Waals surface area contributed by atoms with Gasteiger partial charge in [-0.15, -0.1) is 5.10 Å². The average Bonchev–Trinajstić information content (AvgIpc) is 2.51. The van der Waals surface area contributed by atoms with Crippen molar-refractivity contribution in [1.82, 2.24) is 20.3 Å². The third-order valence-corrected chi connectivity index (χ3v) is 2.52. The fourth-order valence-corrected chi connectivity index (χ4v) is 1.13. The van der Waals surface area contributed by atoms with Crippen molar-refractivity contribution in [2.24, 2.45) is 12.5 Å². The predicted octanol–water partition coefficient (Wildman–Crippen LogP) is 1.34. The van der Waals surface area contributed by atoms with Gasteiger partial charge in [-0.1, -0.05) is 26.0 Å². The van der Waals surface area contributed by atoms with Gasteiger partial charge in [0.25, 0.3) is 0 Å². The zero-order valence-electron chi connectivity index (χ0n) is 9.54. The first-order valence-electron chi connectivity index (χ1n) is 5.09. The maximum absolute atomic E-state index is 4.01. The van der Waals surface area contributed by atoms with Crippen molar-refractivity contribution >= 4 is 0 Å². The van der Waals surface area contributed by atoms with E-state index in [2.05, 4.69) is 36.4 Å². The second kappa shape index (κ2) is 4.55. The predicted molar refractivity (Wildman–Crippen MR) is 56.8 cm³/mol. The molecular weight excluding hydrogens is 176 g/mol. The van der Waals surface area contributed by atoms with Crippen molar-refractivity contribution < 1.29 is 0 Å². The highest BCUT2D eigenvalue weighted by Crippen LogP contribution is 2.17. The molecule has 0 aliphatic carbocycles. The molecule has 14 heavy (non-hydrogen) atoms. The van der Waals surface area contributed by atoms with Crippen molar-refractivity contribution in [1.29, 1.82) is 0 Å². The van der Waals surface area contributed by atoms with Crippen LogP contribution in [0.4, 0.5) is 0 Å². The summed E-state index contributed by atoms with van der Waals surface area (Å²) in [5.74, 6) is 0. The van der Waals surface area contributed by atoms with E-state index in [1.165, 1.54) is 6.42 Å². The Morgan fingerprint density at radius 1 is 1.50 bits per heavy atom. The molecular formula is C10H20N4. The molecule has 0 radical (unpaired) electrons. The zero-order chi connectivity index (χ0) is 10.6. The Labute approximate surface area is 85.7 Å². The van der Waals surface area contributed by atoms with Gasteiger partial charge in [0.1, 0.15) is 0 Å². The van der Waals surface area contributed by atoms with Gasteiger partial charge in [-0.25, -0.2) is 0 Å². The fraction of sp³-hybridized carbons (Fsp3) is 0.800. The van der Waals surface area contributed by atoms with Crippen molar-refractivity contribution in [2.75, 3.05) is 6.54 Å². The second-order valence-electron chi connectivity index (χ2n) is 4.50. The maximum Gasteiger partial charge on any atom is 0.0964 e. The molecule has 0 aliphatic heterocycles.